The van der Waals surface area contributed by atoms with Gasteiger partial charge in [0.25, 0.3) is 5.91 Å². The zero-order chi connectivity index (χ0) is 13.3. The summed E-state index contributed by atoms with van der Waals surface area (Å²) in [6, 6.07) is 2.30. The molecule has 0 saturated carbocycles. The van der Waals surface area contributed by atoms with Gasteiger partial charge < -0.3 is 15.7 Å². The molecular formula is C12H14ClFN2O2. The van der Waals surface area contributed by atoms with Crippen LogP contribution in [0.3, 0.4) is 0 Å². The van der Waals surface area contributed by atoms with Gasteiger partial charge in [-0.3, -0.25) is 4.79 Å². The van der Waals surface area contributed by atoms with E-state index in [1.807, 2.05) is 0 Å². The number of hydrogen-bond donors (Lipinski definition) is 3. The number of hydrogen-bond acceptors (Lipinski definition) is 3. The Balaban J connectivity index is 2.21. The zero-order valence-electron chi connectivity index (χ0n) is 9.84. The number of halogens is 2. The van der Waals surface area contributed by atoms with Crippen molar-refractivity contribution in [3.05, 3.63) is 34.1 Å². The van der Waals surface area contributed by atoms with Crippen molar-refractivity contribution in [1.29, 1.82) is 0 Å². The molecule has 2 atom stereocenters. The second-order valence-electron chi connectivity index (χ2n) is 4.36. The number of aliphatic hydroxyl groups is 1. The SMILES string of the molecule is Cc1ccc(F)c(C(=O)N[C@@H]2CNC[C@H]2O)c1Cl. The van der Waals surface area contributed by atoms with Crippen molar-refractivity contribution in [3.63, 3.8) is 0 Å². The Morgan fingerprint density at radius 3 is 2.89 bits per heavy atom. The van der Waals surface area contributed by atoms with Gasteiger partial charge in [-0.15, -0.1) is 0 Å². The molecule has 1 aliphatic rings. The van der Waals surface area contributed by atoms with Crippen LogP contribution in [-0.2, 0) is 0 Å². The van der Waals surface area contributed by atoms with Crippen LogP contribution in [0.1, 0.15) is 15.9 Å². The number of aliphatic hydroxyl groups excluding tert-OH is 1. The molecule has 98 valence electrons. The van der Waals surface area contributed by atoms with E-state index < -0.39 is 23.9 Å². The fourth-order valence-electron chi connectivity index (χ4n) is 1.92. The van der Waals surface area contributed by atoms with E-state index in [1.54, 1.807) is 6.92 Å². The van der Waals surface area contributed by atoms with E-state index in [9.17, 15) is 14.3 Å². The number of aryl methyl sites for hydroxylation is 1. The summed E-state index contributed by atoms with van der Waals surface area (Å²) in [6.07, 6.45) is -0.666. The number of nitrogens with one attached hydrogen (secondary N) is 2. The number of amides is 1. The van der Waals surface area contributed by atoms with Gasteiger partial charge in [-0.05, 0) is 18.6 Å². The number of benzene rings is 1. The molecule has 0 unspecified atom stereocenters. The number of β-amino-alcohol motifs (C(OH)–C–C–N with tert-alkyl or cyclic N) is 1. The lowest BCUT2D eigenvalue weighted by Gasteiger charge is -2.16. The minimum absolute atomic E-state index is 0.105. The van der Waals surface area contributed by atoms with Gasteiger partial charge in [0.1, 0.15) is 5.82 Å². The molecule has 3 N–H and O–H groups in total. The van der Waals surface area contributed by atoms with Crippen molar-refractivity contribution < 1.29 is 14.3 Å². The molecule has 1 aromatic carbocycles. The first kappa shape index (κ1) is 13.3. The van der Waals surface area contributed by atoms with Crippen LogP contribution in [0.5, 0.6) is 0 Å². The van der Waals surface area contributed by atoms with Gasteiger partial charge >= 0.3 is 0 Å². The molecule has 1 heterocycles. The highest BCUT2D eigenvalue weighted by molar-refractivity contribution is 6.34. The fraction of sp³-hybridized carbons (Fsp3) is 0.417. The van der Waals surface area contributed by atoms with Gasteiger partial charge in [0.15, 0.2) is 0 Å². The summed E-state index contributed by atoms with van der Waals surface area (Å²) >= 11 is 5.94. The van der Waals surface area contributed by atoms with Crippen molar-refractivity contribution in [2.24, 2.45) is 0 Å². The van der Waals surface area contributed by atoms with E-state index in [-0.39, 0.29) is 10.6 Å². The van der Waals surface area contributed by atoms with Crippen molar-refractivity contribution in [2.75, 3.05) is 13.1 Å². The van der Waals surface area contributed by atoms with Crippen molar-refractivity contribution in [1.82, 2.24) is 10.6 Å². The van der Waals surface area contributed by atoms with Crippen LogP contribution in [0.15, 0.2) is 12.1 Å². The van der Waals surface area contributed by atoms with Gasteiger partial charge in [-0.2, -0.15) is 0 Å². The molecule has 2 rings (SSSR count). The zero-order valence-corrected chi connectivity index (χ0v) is 10.6. The average Bonchev–Trinajstić information content (AvgIpc) is 2.70. The van der Waals surface area contributed by atoms with Crippen LogP contribution in [0.25, 0.3) is 0 Å². The molecule has 0 bridgehead atoms. The molecule has 1 fully saturated rings. The minimum Gasteiger partial charge on any atom is -0.390 e. The highest BCUT2D eigenvalue weighted by Crippen LogP contribution is 2.23. The van der Waals surface area contributed by atoms with Crippen LogP contribution in [-0.4, -0.2) is 36.2 Å². The van der Waals surface area contributed by atoms with Gasteiger partial charge in [-0.25, -0.2) is 4.39 Å². The quantitative estimate of drug-likeness (QED) is 0.748. The predicted octanol–water partition coefficient (Wildman–Crippen LogP) is 0.850. The Morgan fingerprint density at radius 1 is 1.56 bits per heavy atom. The van der Waals surface area contributed by atoms with Crippen LogP contribution >= 0.6 is 11.6 Å². The average molecular weight is 273 g/mol. The molecule has 1 aromatic rings. The normalized spacial score (nSPS) is 23.1. The molecule has 4 nitrogen and oxygen atoms in total. The lowest BCUT2D eigenvalue weighted by molar-refractivity contribution is 0.0884. The molecule has 1 amide bonds. The Morgan fingerprint density at radius 2 is 2.28 bits per heavy atom. The Bertz CT molecular complexity index is 481. The minimum atomic E-state index is -0.666. The fourth-order valence-corrected chi connectivity index (χ4v) is 2.16. The van der Waals surface area contributed by atoms with E-state index in [4.69, 9.17) is 11.6 Å². The van der Waals surface area contributed by atoms with Gasteiger partial charge in [0.2, 0.25) is 0 Å². The summed E-state index contributed by atoms with van der Waals surface area (Å²) < 4.78 is 13.6. The lowest BCUT2D eigenvalue weighted by Crippen LogP contribution is -2.43. The van der Waals surface area contributed by atoms with E-state index in [2.05, 4.69) is 10.6 Å². The van der Waals surface area contributed by atoms with Crippen molar-refractivity contribution in [3.8, 4) is 0 Å². The van der Waals surface area contributed by atoms with Crippen molar-refractivity contribution in [2.45, 2.75) is 19.1 Å². The highest BCUT2D eigenvalue weighted by Gasteiger charge is 2.28. The van der Waals surface area contributed by atoms with Crippen molar-refractivity contribution >= 4 is 17.5 Å². The highest BCUT2D eigenvalue weighted by atomic mass is 35.5. The maximum Gasteiger partial charge on any atom is 0.256 e. The lowest BCUT2D eigenvalue weighted by atomic mass is 10.1. The molecular weight excluding hydrogens is 259 g/mol. The number of carbonyl (C=O) groups is 1. The topological polar surface area (TPSA) is 61.4 Å². The summed E-state index contributed by atoms with van der Waals surface area (Å²) in [5, 5.41) is 15.2. The molecule has 0 spiro atoms. The molecule has 6 heteroatoms. The van der Waals surface area contributed by atoms with E-state index in [1.165, 1.54) is 12.1 Å². The smallest absolute Gasteiger partial charge is 0.256 e. The summed E-state index contributed by atoms with van der Waals surface area (Å²) in [5.74, 6) is -1.27. The van der Waals surface area contributed by atoms with E-state index in [0.717, 1.165) is 0 Å². The third-order valence-corrected chi connectivity index (χ3v) is 3.50. The number of rotatable bonds is 2. The third-order valence-electron chi connectivity index (χ3n) is 3.01. The van der Waals surface area contributed by atoms with Crippen LogP contribution in [0.2, 0.25) is 5.02 Å². The first-order valence-electron chi connectivity index (χ1n) is 5.65. The maximum atomic E-state index is 13.6. The molecule has 0 radical (unpaired) electrons. The Hall–Kier alpha value is -1.17. The second kappa shape index (κ2) is 5.22. The van der Waals surface area contributed by atoms with E-state index >= 15 is 0 Å². The Kier molecular flexibility index (Phi) is 3.85. The molecule has 18 heavy (non-hydrogen) atoms. The summed E-state index contributed by atoms with van der Waals surface area (Å²) in [7, 11) is 0. The van der Waals surface area contributed by atoms with Gasteiger partial charge in [0, 0.05) is 13.1 Å². The maximum absolute atomic E-state index is 13.6. The van der Waals surface area contributed by atoms with Crippen LogP contribution < -0.4 is 10.6 Å². The summed E-state index contributed by atoms with van der Waals surface area (Å²) in [5.41, 5.74) is 0.462. The standard InChI is InChI=1S/C12H14ClFN2O2/c1-6-2-3-7(14)10(11(6)13)12(18)16-8-4-15-5-9(8)17/h2-3,8-9,15,17H,4-5H2,1H3,(H,16,18)/t8-,9-/m1/s1. The van der Waals surface area contributed by atoms with Gasteiger partial charge in [-0.1, -0.05) is 17.7 Å². The monoisotopic (exact) mass is 272 g/mol. The summed E-state index contributed by atoms with van der Waals surface area (Å²) in [4.78, 5) is 12.0. The van der Waals surface area contributed by atoms with E-state index in [0.29, 0.717) is 18.7 Å². The Labute approximate surface area is 109 Å². The molecule has 1 saturated heterocycles. The second-order valence-corrected chi connectivity index (χ2v) is 4.74. The summed E-state index contributed by atoms with van der Waals surface area (Å²) in [6.45, 7) is 2.57. The largest absolute Gasteiger partial charge is 0.390 e. The molecule has 0 aromatic heterocycles. The first-order chi connectivity index (χ1) is 8.50. The third kappa shape index (κ3) is 2.48. The molecule has 1 aliphatic heterocycles. The predicted molar refractivity (Wildman–Crippen MR) is 66.3 cm³/mol. The number of carbonyl (C=O) groups excluding carboxylic acids is 1. The van der Waals surface area contributed by atoms with Crippen LogP contribution in [0, 0.1) is 12.7 Å². The van der Waals surface area contributed by atoms with Crippen LogP contribution in [0.4, 0.5) is 4.39 Å². The first-order valence-corrected chi connectivity index (χ1v) is 6.02. The van der Waals surface area contributed by atoms with Gasteiger partial charge in [0.05, 0.1) is 22.7 Å². The molecule has 0 aliphatic carbocycles.